The van der Waals surface area contributed by atoms with Gasteiger partial charge in [-0.1, -0.05) is 0 Å². The van der Waals surface area contributed by atoms with Gasteiger partial charge in [0.2, 0.25) is 0 Å². The molecule has 0 amide bonds. The molecule has 0 bridgehead atoms. The van der Waals surface area contributed by atoms with Crippen molar-refractivity contribution >= 4 is 11.5 Å². The van der Waals surface area contributed by atoms with Gasteiger partial charge in [-0.05, 0) is 32.0 Å². The number of nitrogens with zero attached hydrogens (tertiary/aromatic N) is 1. The first-order valence-corrected chi connectivity index (χ1v) is 5.01. The Kier molecular flexibility index (Phi) is 4.03. The highest BCUT2D eigenvalue weighted by Crippen LogP contribution is 2.19. The maximum Gasteiger partial charge on any atom is 0.161 e. The van der Waals surface area contributed by atoms with Crippen LogP contribution in [0.5, 0.6) is 0 Å². The lowest BCUT2D eigenvalue weighted by atomic mass is 10.1. The van der Waals surface area contributed by atoms with Gasteiger partial charge in [-0.25, -0.2) is 0 Å². The van der Waals surface area contributed by atoms with Gasteiger partial charge in [-0.15, -0.1) is 0 Å². The Hall–Kier alpha value is -1.86. The first kappa shape index (κ1) is 12.2. The van der Waals surface area contributed by atoms with Gasteiger partial charge in [0.25, 0.3) is 0 Å². The highest BCUT2D eigenvalue weighted by atomic mass is 16.3. The maximum absolute atomic E-state index is 11.4. The van der Waals surface area contributed by atoms with Crippen LogP contribution in [0.15, 0.2) is 18.2 Å². The van der Waals surface area contributed by atoms with Crippen molar-refractivity contribution in [3.05, 3.63) is 29.3 Å². The molecule has 1 aromatic carbocycles. The molecule has 4 heteroatoms. The normalized spacial score (nSPS) is 11.6. The fraction of sp³-hybridized carbons (Fsp3) is 0.333. The van der Waals surface area contributed by atoms with Crippen LogP contribution in [-0.2, 0) is 0 Å². The molecule has 0 aliphatic carbocycles. The van der Waals surface area contributed by atoms with E-state index in [4.69, 9.17) is 10.4 Å². The Labute approximate surface area is 94.5 Å². The molecule has 0 aliphatic rings. The summed E-state index contributed by atoms with van der Waals surface area (Å²) in [6.45, 7) is 3.23. The lowest BCUT2D eigenvalue weighted by Crippen LogP contribution is -2.20. The van der Waals surface area contributed by atoms with Crippen LogP contribution in [-0.4, -0.2) is 23.5 Å². The molecule has 0 spiro atoms. The number of aliphatic hydroxyl groups excluding tert-OH is 1. The minimum absolute atomic E-state index is 0.0336. The third-order valence-corrected chi connectivity index (χ3v) is 2.20. The third kappa shape index (κ3) is 2.81. The number of hydrogen-bond donors (Lipinski definition) is 2. The molecule has 1 aromatic rings. The van der Waals surface area contributed by atoms with Crippen LogP contribution in [0.25, 0.3) is 0 Å². The fourth-order valence-corrected chi connectivity index (χ4v) is 1.35. The zero-order valence-electron chi connectivity index (χ0n) is 9.32. The Balaban J connectivity index is 3.11. The summed E-state index contributed by atoms with van der Waals surface area (Å²) < 4.78 is 0. The molecule has 84 valence electrons. The second kappa shape index (κ2) is 5.29. The van der Waals surface area contributed by atoms with Crippen molar-refractivity contribution in [1.82, 2.24) is 0 Å². The zero-order chi connectivity index (χ0) is 12.1. The molecule has 1 rings (SSSR count). The summed E-state index contributed by atoms with van der Waals surface area (Å²) in [6, 6.07) is 6.69. The molecule has 0 saturated carbocycles. The van der Waals surface area contributed by atoms with Crippen LogP contribution in [0.3, 0.4) is 0 Å². The van der Waals surface area contributed by atoms with Crippen LogP contribution in [0.2, 0.25) is 0 Å². The quantitative estimate of drug-likeness (QED) is 0.752. The van der Waals surface area contributed by atoms with Gasteiger partial charge in [0, 0.05) is 17.3 Å². The van der Waals surface area contributed by atoms with E-state index in [2.05, 4.69) is 5.32 Å². The Morgan fingerprint density at radius 2 is 2.31 bits per heavy atom. The number of hydrogen-bond acceptors (Lipinski definition) is 4. The molecule has 0 fully saturated rings. The molecule has 2 N–H and O–H groups in total. The van der Waals surface area contributed by atoms with E-state index in [1.54, 1.807) is 25.1 Å². The average Bonchev–Trinajstić information content (AvgIpc) is 2.28. The molecular weight excluding hydrogens is 204 g/mol. The number of ketones is 1. The van der Waals surface area contributed by atoms with Crippen molar-refractivity contribution in [3.8, 4) is 6.07 Å². The molecule has 1 atom stereocenters. The topological polar surface area (TPSA) is 73.1 Å². The molecule has 0 aromatic heterocycles. The maximum atomic E-state index is 11.4. The molecule has 16 heavy (non-hydrogen) atoms. The monoisotopic (exact) mass is 218 g/mol. The van der Waals surface area contributed by atoms with E-state index < -0.39 is 0 Å². The Morgan fingerprint density at radius 1 is 1.62 bits per heavy atom. The van der Waals surface area contributed by atoms with Crippen LogP contribution >= 0.6 is 0 Å². The lowest BCUT2D eigenvalue weighted by Gasteiger charge is -2.15. The third-order valence-electron chi connectivity index (χ3n) is 2.20. The molecule has 0 unspecified atom stereocenters. The van der Waals surface area contributed by atoms with Crippen molar-refractivity contribution in [2.24, 2.45) is 0 Å². The number of benzene rings is 1. The number of rotatable bonds is 4. The predicted octanol–water partition coefficient (Wildman–Crippen LogP) is 1.55. The summed E-state index contributed by atoms with van der Waals surface area (Å²) >= 11 is 0. The second-order valence-electron chi connectivity index (χ2n) is 3.66. The van der Waals surface area contributed by atoms with E-state index in [0.29, 0.717) is 16.8 Å². The Bertz CT molecular complexity index is 435. The number of Topliss-reactive ketones (excluding diaryl/α,β-unsaturated/α-hetero) is 1. The van der Waals surface area contributed by atoms with Crippen LogP contribution in [0.4, 0.5) is 5.69 Å². The Morgan fingerprint density at radius 3 is 2.81 bits per heavy atom. The summed E-state index contributed by atoms with van der Waals surface area (Å²) in [6.07, 6.45) is 0. The lowest BCUT2D eigenvalue weighted by molar-refractivity contribution is 0.101. The van der Waals surface area contributed by atoms with E-state index in [9.17, 15) is 4.79 Å². The molecule has 0 heterocycles. The van der Waals surface area contributed by atoms with Crippen LogP contribution < -0.4 is 5.32 Å². The minimum Gasteiger partial charge on any atom is -0.394 e. The zero-order valence-corrected chi connectivity index (χ0v) is 9.32. The highest BCUT2D eigenvalue weighted by Gasteiger charge is 2.10. The van der Waals surface area contributed by atoms with Gasteiger partial charge in [-0.3, -0.25) is 4.79 Å². The van der Waals surface area contributed by atoms with Crippen molar-refractivity contribution in [2.75, 3.05) is 11.9 Å². The van der Waals surface area contributed by atoms with Crippen LogP contribution in [0, 0.1) is 11.3 Å². The first-order valence-electron chi connectivity index (χ1n) is 5.01. The molecule has 0 aliphatic heterocycles. The molecule has 0 radical (unpaired) electrons. The summed E-state index contributed by atoms with van der Waals surface area (Å²) in [4.78, 5) is 11.4. The summed E-state index contributed by atoms with van der Waals surface area (Å²) in [5, 5.41) is 20.7. The number of anilines is 1. The first-order chi connectivity index (χ1) is 7.58. The van der Waals surface area contributed by atoms with Crippen molar-refractivity contribution < 1.29 is 9.90 Å². The standard InChI is InChI=1S/C12H14N2O2/c1-8(7-15)14-12-5-10(6-13)3-4-11(12)9(2)16/h3-5,8,14-15H,7H2,1-2H3/t8-/m1/s1. The molecule has 4 nitrogen and oxygen atoms in total. The number of carbonyl (C=O) groups excluding carboxylic acids is 1. The van der Waals surface area contributed by atoms with Crippen molar-refractivity contribution in [1.29, 1.82) is 5.26 Å². The van der Waals surface area contributed by atoms with Gasteiger partial charge in [0.05, 0.1) is 18.2 Å². The van der Waals surface area contributed by atoms with E-state index in [-0.39, 0.29) is 18.4 Å². The molecule has 0 saturated heterocycles. The SMILES string of the molecule is CC(=O)c1ccc(C#N)cc1N[C@H](C)CO. The number of nitrogens with one attached hydrogen (secondary N) is 1. The van der Waals surface area contributed by atoms with E-state index in [1.807, 2.05) is 6.07 Å². The average molecular weight is 218 g/mol. The number of aliphatic hydroxyl groups is 1. The van der Waals surface area contributed by atoms with E-state index >= 15 is 0 Å². The molecular formula is C12H14N2O2. The minimum atomic E-state index is -0.160. The largest absolute Gasteiger partial charge is 0.394 e. The number of carbonyl (C=O) groups is 1. The summed E-state index contributed by atoms with van der Waals surface area (Å²) in [5.74, 6) is -0.0721. The predicted molar refractivity (Wildman–Crippen MR) is 61.3 cm³/mol. The van der Waals surface area contributed by atoms with Gasteiger partial charge in [0.1, 0.15) is 0 Å². The fourth-order valence-electron chi connectivity index (χ4n) is 1.35. The van der Waals surface area contributed by atoms with Gasteiger partial charge >= 0.3 is 0 Å². The van der Waals surface area contributed by atoms with Crippen molar-refractivity contribution in [3.63, 3.8) is 0 Å². The van der Waals surface area contributed by atoms with E-state index in [0.717, 1.165) is 0 Å². The summed E-state index contributed by atoms with van der Waals surface area (Å²) in [5.41, 5.74) is 1.60. The van der Waals surface area contributed by atoms with Gasteiger partial charge in [0.15, 0.2) is 5.78 Å². The van der Waals surface area contributed by atoms with Gasteiger partial charge in [-0.2, -0.15) is 5.26 Å². The van der Waals surface area contributed by atoms with E-state index in [1.165, 1.54) is 6.92 Å². The number of nitriles is 1. The highest BCUT2D eigenvalue weighted by molar-refractivity contribution is 5.99. The smallest absolute Gasteiger partial charge is 0.161 e. The van der Waals surface area contributed by atoms with Crippen LogP contribution in [0.1, 0.15) is 29.8 Å². The summed E-state index contributed by atoms with van der Waals surface area (Å²) in [7, 11) is 0. The van der Waals surface area contributed by atoms with Gasteiger partial charge < -0.3 is 10.4 Å². The van der Waals surface area contributed by atoms with Crippen molar-refractivity contribution in [2.45, 2.75) is 19.9 Å². The second-order valence-corrected chi connectivity index (χ2v) is 3.66.